The summed E-state index contributed by atoms with van der Waals surface area (Å²) in [6, 6.07) is 8.41. The normalized spacial score (nSPS) is 11.0. The van der Waals surface area contributed by atoms with Gasteiger partial charge in [0.1, 0.15) is 11.6 Å². The van der Waals surface area contributed by atoms with Gasteiger partial charge in [-0.05, 0) is 26.0 Å². The predicted octanol–water partition coefficient (Wildman–Crippen LogP) is 2.85. The molecule has 2 rings (SSSR count). The van der Waals surface area contributed by atoms with Crippen LogP contribution < -0.4 is 5.73 Å². The molecule has 0 atom stereocenters. The minimum atomic E-state index is -0.282. The van der Waals surface area contributed by atoms with Crippen LogP contribution in [0.1, 0.15) is 19.9 Å². The standard InChI is InChI=1S/C12H14FN3/c1-8(2)16-12(14)7-11(15-16)9-5-3-4-6-10(9)13/h3-8H,14H2,1-2H3. The molecule has 84 valence electrons. The Balaban J connectivity index is 2.50. The predicted molar refractivity (Wildman–Crippen MR) is 62.4 cm³/mol. The van der Waals surface area contributed by atoms with E-state index in [1.807, 2.05) is 13.8 Å². The van der Waals surface area contributed by atoms with Crippen LogP contribution in [0.2, 0.25) is 0 Å². The molecule has 0 radical (unpaired) electrons. The fourth-order valence-electron chi connectivity index (χ4n) is 1.62. The molecule has 0 aliphatic rings. The lowest BCUT2D eigenvalue weighted by Crippen LogP contribution is -2.06. The van der Waals surface area contributed by atoms with Gasteiger partial charge in [-0.2, -0.15) is 5.10 Å². The van der Waals surface area contributed by atoms with Crippen LogP contribution in [0.25, 0.3) is 11.3 Å². The van der Waals surface area contributed by atoms with Crippen LogP contribution in [-0.4, -0.2) is 9.78 Å². The summed E-state index contributed by atoms with van der Waals surface area (Å²) < 4.78 is 15.2. The Morgan fingerprint density at radius 2 is 2.00 bits per heavy atom. The topological polar surface area (TPSA) is 43.8 Å². The fraction of sp³-hybridized carbons (Fsp3) is 0.250. The summed E-state index contributed by atoms with van der Waals surface area (Å²) >= 11 is 0. The minimum Gasteiger partial charge on any atom is -0.384 e. The number of nitrogens with zero attached hydrogens (tertiary/aromatic N) is 2. The molecule has 0 aliphatic heterocycles. The maximum atomic E-state index is 13.5. The number of nitrogen functional groups attached to an aromatic ring is 1. The third kappa shape index (κ3) is 1.78. The number of hydrogen-bond donors (Lipinski definition) is 1. The molecule has 0 spiro atoms. The summed E-state index contributed by atoms with van der Waals surface area (Å²) in [6.45, 7) is 3.96. The van der Waals surface area contributed by atoms with E-state index in [-0.39, 0.29) is 11.9 Å². The molecule has 0 saturated heterocycles. The first kappa shape index (κ1) is 10.7. The van der Waals surface area contributed by atoms with Crippen LogP contribution in [0.15, 0.2) is 30.3 Å². The smallest absolute Gasteiger partial charge is 0.132 e. The summed E-state index contributed by atoms with van der Waals surface area (Å²) in [4.78, 5) is 0. The number of rotatable bonds is 2. The van der Waals surface area contributed by atoms with E-state index < -0.39 is 0 Å². The van der Waals surface area contributed by atoms with Gasteiger partial charge in [-0.3, -0.25) is 0 Å². The molecule has 1 aromatic carbocycles. The van der Waals surface area contributed by atoms with Crippen LogP contribution in [0.5, 0.6) is 0 Å². The van der Waals surface area contributed by atoms with Crippen LogP contribution in [-0.2, 0) is 0 Å². The second-order valence-electron chi connectivity index (χ2n) is 3.97. The molecule has 0 aliphatic carbocycles. The molecule has 0 fully saturated rings. The second kappa shape index (κ2) is 3.96. The molecule has 2 N–H and O–H groups in total. The zero-order valence-corrected chi connectivity index (χ0v) is 9.31. The Morgan fingerprint density at radius 3 is 2.56 bits per heavy atom. The Bertz CT molecular complexity index is 503. The van der Waals surface area contributed by atoms with Crippen molar-refractivity contribution in [1.29, 1.82) is 0 Å². The average Bonchev–Trinajstić information content (AvgIpc) is 2.61. The fourth-order valence-corrected chi connectivity index (χ4v) is 1.62. The zero-order chi connectivity index (χ0) is 11.7. The number of nitrogens with two attached hydrogens (primary N) is 1. The lowest BCUT2D eigenvalue weighted by atomic mass is 10.1. The van der Waals surface area contributed by atoms with Gasteiger partial charge in [0, 0.05) is 17.7 Å². The van der Waals surface area contributed by atoms with Gasteiger partial charge in [-0.1, -0.05) is 12.1 Å². The minimum absolute atomic E-state index is 0.167. The van der Waals surface area contributed by atoms with Crippen LogP contribution >= 0.6 is 0 Å². The molecule has 0 unspecified atom stereocenters. The van der Waals surface area contributed by atoms with Gasteiger partial charge in [0.15, 0.2) is 0 Å². The average molecular weight is 219 g/mol. The number of benzene rings is 1. The van der Waals surface area contributed by atoms with Gasteiger partial charge in [-0.15, -0.1) is 0 Å². The highest BCUT2D eigenvalue weighted by molar-refractivity contribution is 5.62. The van der Waals surface area contributed by atoms with Gasteiger partial charge >= 0.3 is 0 Å². The van der Waals surface area contributed by atoms with E-state index in [1.165, 1.54) is 6.07 Å². The van der Waals surface area contributed by atoms with Crippen molar-refractivity contribution in [3.8, 4) is 11.3 Å². The van der Waals surface area contributed by atoms with Crippen molar-refractivity contribution >= 4 is 5.82 Å². The van der Waals surface area contributed by atoms with E-state index in [2.05, 4.69) is 5.10 Å². The lowest BCUT2D eigenvalue weighted by Gasteiger charge is -2.06. The Kier molecular flexibility index (Phi) is 2.64. The third-order valence-corrected chi connectivity index (χ3v) is 2.40. The molecule has 0 saturated carbocycles. The summed E-state index contributed by atoms with van der Waals surface area (Å²) in [6.07, 6.45) is 0. The first-order valence-electron chi connectivity index (χ1n) is 5.19. The lowest BCUT2D eigenvalue weighted by molar-refractivity contribution is 0.541. The van der Waals surface area contributed by atoms with Crippen LogP contribution in [0, 0.1) is 5.82 Å². The molecule has 0 amide bonds. The second-order valence-corrected chi connectivity index (χ2v) is 3.97. The quantitative estimate of drug-likeness (QED) is 0.844. The highest BCUT2D eigenvalue weighted by atomic mass is 19.1. The molecule has 2 aromatic rings. The molecule has 1 aromatic heterocycles. The highest BCUT2D eigenvalue weighted by Crippen LogP contribution is 2.24. The van der Waals surface area contributed by atoms with Crippen molar-refractivity contribution < 1.29 is 4.39 Å². The van der Waals surface area contributed by atoms with Gasteiger partial charge in [0.05, 0.1) is 5.69 Å². The molecule has 1 heterocycles. The summed E-state index contributed by atoms with van der Waals surface area (Å²) in [5.41, 5.74) is 6.86. The van der Waals surface area contributed by atoms with Crippen molar-refractivity contribution in [3.63, 3.8) is 0 Å². The van der Waals surface area contributed by atoms with Crippen LogP contribution in [0.3, 0.4) is 0 Å². The van der Waals surface area contributed by atoms with E-state index in [9.17, 15) is 4.39 Å². The molecular weight excluding hydrogens is 205 g/mol. The van der Waals surface area contributed by atoms with Crippen molar-refractivity contribution in [2.75, 3.05) is 5.73 Å². The number of hydrogen-bond acceptors (Lipinski definition) is 2. The van der Waals surface area contributed by atoms with Gasteiger partial charge in [-0.25, -0.2) is 9.07 Å². The molecule has 3 nitrogen and oxygen atoms in total. The third-order valence-electron chi connectivity index (χ3n) is 2.40. The van der Waals surface area contributed by atoms with Crippen molar-refractivity contribution in [1.82, 2.24) is 9.78 Å². The van der Waals surface area contributed by atoms with Crippen molar-refractivity contribution in [2.45, 2.75) is 19.9 Å². The van der Waals surface area contributed by atoms with E-state index >= 15 is 0 Å². The monoisotopic (exact) mass is 219 g/mol. The van der Waals surface area contributed by atoms with Gasteiger partial charge < -0.3 is 5.73 Å². The summed E-state index contributed by atoms with van der Waals surface area (Å²) in [7, 11) is 0. The highest BCUT2D eigenvalue weighted by Gasteiger charge is 2.11. The molecule has 4 heteroatoms. The van der Waals surface area contributed by atoms with Crippen molar-refractivity contribution in [3.05, 3.63) is 36.1 Å². The number of halogens is 1. The summed E-state index contributed by atoms with van der Waals surface area (Å²) in [5.74, 6) is 0.268. The van der Waals surface area contributed by atoms with Gasteiger partial charge in [0.2, 0.25) is 0 Å². The molecule has 16 heavy (non-hydrogen) atoms. The Morgan fingerprint density at radius 1 is 1.31 bits per heavy atom. The van der Waals surface area contributed by atoms with Gasteiger partial charge in [0.25, 0.3) is 0 Å². The number of aromatic nitrogens is 2. The van der Waals surface area contributed by atoms with E-state index in [0.29, 0.717) is 17.1 Å². The van der Waals surface area contributed by atoms with E-state index in [1.54, 1.807) is 28.9 Å². The van der Waals surface area contributed by atoms with E-state index in [0.717, 1.165) is 0 Å². The van der Waals surface area contributed by atoms with Crippen LogP contribution in [0.4, 0.5) is 10.2 Å². The Hall–Kier alpha value is -1.84. The maximum Gasteiger partial charge on any atom is 0.132 e. The largest absolute Gasteiger partial charge is 0.384 e. The SMILES string of the molecule is CC(C)n1nc(-c2ccccc2F)cc1N. The molecular formula is C12H14FN3. The van der Waals surface area contributed by atoms with Crippen molar-refractivity contribution in [2.24, 2.45) is 0 Å². The summed E-state index contributed by atoms with van der Waals surface area (Å²) in [5, 5.41) is 4.29. The Labute approximate surface area is 93.7 Å². The number of anilines is 1. The molecule has 0 bridgehead atoms. The zero-order valence-electron chi connectivity index (χ0n) is 9.31. The maximum absolute atomic E-state index is 13.5. The first-order valence-corrected chi connectivity index (χ1v) is 5.19. The van der Waals surface area contributed by atoms with E-state index in [4.69, 9.17) is 5.73 Å². The first-order chi connectivity index (χ1) is 7.59.